The van der Waals surface area contributed by atoms with Crippen molar-refractivity contribution in [1.82, 2.24) is 0 Å². The van der Waals surface area contributed by atoms with Crippen molar-refractivity contribution in [2.45, 2.75) is 84.5 Å². The summed E-state index contributed by atoms with van der Waals surface area (Å²) in [4.78, 5) is 24.0. The maximum atomic E-state index is 12.0. The molecule has 152 valence electrons. The molecule has 0 saturated carbocycles. The van der Waals surface area contributed by atoms with Crippen molar-refractivity contribution in [1.29, 1.82) is 0 Å². The third-order valence-corrected chi connectivity index (χ3v) is 4.57. The molecule has 27 heavy (non-hydrogen) atoms. The zero-order chi connectivity index (χ0) is 19.7. The molecule has 0 bridgehead atoms. The lowest BCUT2D eigenvalue weighted by Crippen LogP contribution is -2.09. The number of rotatable bonds is 15. The molecular weight excluding hydrogens is 340 g/mol. The Morgan fingerprint density at radius 1 is 0.593 bits per heavy atom. The molecule has 0 saturated heterocycles. The molecule has 4 nitrogen and oxygen atoms in total. The highest BCUT2D eigenvalue weighted by molar-refractivity contribution is 5.93. The van der Waals surface area contributed by atoms with E-state index in [0.717, 1.165) is 38.5 Å². The van der Waals surface area contributed by atoms with Crippen LogP contribution in [0.25, 0.3) is 0 Å². The highest BCUT2D eigenvalue weighted by atomic mass is 16.5. The Balaban J connectivity index is 2.22. The number of benzene rings is 1. The van der Waals surface area contributed by atoms with Gasteiger partial charge in [-0.1, -0.05) is 71.6 Å². The topological polar surface area (TPSA) is 52.6 Å². The highest BCUT2D eigenvalue weighted by Gasteiger charge is 2.10. The van der Waals surface area contributed by atoms with Gasteiger partial charge in [0.05, 0.1) is 24.3 Å². The van der Waals surface area contributed by atoms with Gasteiger partial charge >= 0.3 is 11.9 Å². The number of esters is 2. The molecule has 0 heterocycles. The van der Waals surface area contributed by atoms with Crippen LogP contribution < -0.4 is 0 Å². The van der Waals surface area contributed by atoms with E-state index >= 15 is 0 Å². The fourth-order valence-electron chi connectivity index (χ4n) is 2.83. The fraction of sp³-hybridized carbons (Fsp3) is 0.652. The molecule has 0 aliphatic rings. The van der Waals surface area contributed by atoms with Gasteiger partial charge in [0.25, 0.3) is 0 Å². The summed E-state index contributed by atoms with van der Waals surface area (Å²) in [6.07, 6.45) is 12.6. The first-order chi connectivity index (χ1) is 13.2. The van der Waals surface area contributed by atoms with Crippen molar-refractivity contribution in [3.63, 3.8) is 0 Å². The van der Waals surface area contributed by atoms with Crippen LogP contribution in [-0.4, -0.2) is 25.2 Å². The molecule has 1 aromatic carbocycles. The van der Waals surface area contributed by atoms with Crippen LogP contribution in [0.2, 0.25) is 0 Å². The van der Waals surface area contributed by atoms with Gasteiger partial charge in [0.2, 0.25) is 0 Å². The van der Waals surface area contributed by atoms with Gasteiger partial charge in [0.15, 0.2) is 0 Å². The first kappa shape index (κ1) is 23.2. The molecule has 0 atom stereocenters. The average Bonchev–Trinajstić information content (AvgIpc) is 2.69. The Bertz CT molecular complexity index is 522. The minimum absolute atomic E-state index is 0.333. The number of unbranched alkanes of at least 4 members (excludes halogenated alkanes) is 9. The number of hydrogen-bond acceptors (Lipinski definition) is 4. The minimum Gasteiger partial charge on any atom is -0.462 e. The lowest BCUT2D eigenvalue weighted by molar-refractivity contribution is 0.0483. The third kappa shape index (κ3) is 10.8. The van der Waals surface area contributed by atoms with Crippen molar-refractivity contribution >= 4 is 11.9 Å². The summed E-state index contributed by atoms with van der Waals surface area (Å²) in [5.74, 6) is -0.671. The van der Waals surface area contributed by atoms with Gasteiger partial charge in [-0.05, 0) is 37.1 Å². The van der Waals surface area contributed by atoms with Gasteiger partial charge in [-0.3, -0.25) is 0 Å². The molecule has 0 N–H and O–H groups in total. The van der Waals surface area contributed by atoms with Gasteiger partial charge in [0, 0.05) is 0 Å². The van der Waals surface area contributed by atoms with Crippen LogP contribution in [0.5, 0.6) is 0 Å². The molecular formula is C23H36O4. The molecule has 4 heteroatoms. The zero-order valence-electron chi connectivity index (χ0n) is 17.1. The van der Waals surface area contributed by atoms with E-state index in [2.05, 4.69) is 13.8 Å². The predicted octanol–water partition coefficient (Wildman–Crippen LogP) is 6.33. The second-order valence-corrected chi connectivity index (χ2v) is 7.03. The van der Waals surface area contributed by atoms with Crippen LogP contribution in [0.1, 0.15) is 105 Å². The first-order valence-corrected chi connectivity index (χ1v) is 10.6. The summed E-state index contributed by atoms with van der Waals surface area (Å²) < 4.78 is 10.6. The molecule has 0 aliphatic heterocycles. The summed E-state index contributed by atoms with van der Waals surface area (Å²) in [5.41, 5.74) is 0.937. The number of hydrogen-bond donors (Lipinski definition) is 0. The number of carbonyl (C=O) groups excluding carboxylic acids is 2. The quantitative estimate of drug-likeness (QED) is 0.265. The van der Waals surface area contributed by atoms with Crippen molar-refractivity contribution in [2.75, 3.05) is 13.2 Å². The van der Waals surface area contributed by atoms with Gasteiger partial charge in [0.1, 0.15) is 0 Å². The monoisotopic (exact) mass is 376 g/mol. The summed E-state index contributed by atoms with van der Waals surface area (Å²) in [7, 11) is 0. The molecule has 1 rings (SSSR count). The Morgan fingerprint density at radius 3 is 1.33 bits per heavy atom. The Hall–Kier alpha value is -1.84. The fourth-order valence-corrected chi connectivity index (χ4v) is 2.83. The van der Waals surface area contributed by atoms with Crippen molar-refractivity contribution in [3.8, 4) is 0 Å². The summed E-state index contributed by atoms with van der Waals surface area (Å²) in [5, 5.41) is 0. The SMILES string of the molecule is CCCCCCCCCOC(=O)c1ccc(C(=O)OCCCCCC)cc1. The molecule has 0 fully saturated rings. The molecule has 0 spiro atoms. The van der Waals surface area contributed by atoms with Crippen molar-refractivity contribution < 1.29 is 19.1 Å². The lowest BCUT2D eigenvalue weighted by Gasteiger charge is -2.07. The van der Waals surface area contributed by atoms with E-state index in [0.29, 0.717) is 24.3 Å². The van der Waals surface area contributed by atoms with Gasteiger partial charge in [-0.15, -0.1) is 0 Å². The van der Waals surface area contributed by atoms with E-state index in [1.165, 1.54) is 32.1 Å². The third-order valence-electron chi connectivity index (χ3n) is 4.57. The van der Waals surface area contributed by atoms with Crippen LogP contribution in [0.3, 0.4) is 0 Å². The van der Waals surface area contributed by atoms with Crippen LogP contribution in [-0.2, 0) is 9.47 Å². The van der Waals surface area contributed by atoms with Gasteiger partial charge in [-0.2, -0.15) is 0 Å². The number of ether oxygens (including phenoxy) is 2. The van der Waals surface area contributed by atoms with Crippen LogP contribution in [0.15, 0.2) is 24.3 Å². The Kier molecular flexibility index (Phi) is 13.1. The van der Waals surface area contributed by atoms with E-state index in [1.54, 1.807) is 24.3 Å². The van der Waals surface area contributed by atoms with Crippen LogP contribution in [0, 0.1) is 0 Å². The normalized spacial score (nSPS) is 10.6. The van der Waals surface area contributed by atoms with E-state index in [1.807, 2.05) is 0 Å². The van der Waals surface area contributed by atoms with Crippen LogP contribution in [0.4, 0.5) is 0 Å². The summed E-state index contributed by atoms with van der Waals surface area (Å²) >= 11 is 0. The van der Waals surface area contributed by atoms with E-state index in [4.69, 9.17) is 9.47 Å². The Labute approximate surface area is 164 Å². The van der Waals surface area contributed by atoms with Gasteiger partial charge < -0.3 is 9.47 Å². The summed E-state index contributed by atoms with van der Waals surface area (Å²) in [6, 6.07) is 6.50. The molecule has 0 radical (unpaired) electrons. The van der Waals surface area contributed by atoms with Gasteiger partial charge in [-0.25, -0.2) is 9.59 Å². The highest BCUT2D eigenvalue weighted by Crippen LogP contribution is 2.10. The lowest BCUT2D eigenvalue weighted by atomic mass is 10.1. The van der Waals surface area contributed by atoms with E-state index in [9.17, 15) is 9.59 Å². The molecule has 0 aliphatic carbocycles. The standard InChI is InChI=1S/C23H36O4/c1-3-5-7-9-10-11-13-19-27-23(25)21-16-14-20(15-17-21)22(24)26-18-12-8-6-4-2/h14-17H,3-13,18-19H2,1-2H3. The first-order valence-electron chi connectivity index (χ1n) is 10.6. The van der Waals surface area contributed by atoms with E-state index < -0.39 is 0 Å². The molecule has 0 aromatic heterocycles. The zero-order valence-corrected chi connectivity index (χ0v) is 17.1. The summed E-state index contributed by atoms with van der Waals surface area (Å²) in [6.45, 7) is 5.26. The maximum Gasteiger partial charge on any atom is 0.338 e. The maximum absolute atomic E-state index is 12.0. The largest absolute Gasteiger partial charge is 0.462 e. The second-order valence-electron chi connectivity index (χ2n) is 7.03. The minimum atomic E-state index is -0.338. The number of carbonyl (C=O) groups is 2. The molecule has 0 amide bonds. The molecule has 0 unspecified atom stereocenters. The van der Waals surface area contributed by atoms with E-state index in [-0.39, 0.29) is 11.9 Å². The average molecular weight is 377 g/mol. The van der Waals surface area contributed by atoms with Crippen molar-refractivity contribution in [3.05, 3.63) is 35.4 Å². The second kappa shape index (κ2) is 15.2. The smallest absolute Gasteiger partial charge is 0.338 e. The Morgan fingerprint density at radius 2 is 0.926 bits per heavy atom. The van der Waals surface area contributed by atoms with Crippen LogP contribution >= 0.6 is 0 Å². The predicted molar refractivity (Wildman–Crippen MR) is 109 cm³/mol. The van der Waals surface area contributed by atoms with Crippen molar-refractivity contribution in [2.24, 2.45) is 0 Å². The molecule has 1 aromatic rings.